The van der Waals surface area contributed by atoms with E-state index in [9.17, 15) is 13.2 Å². The third-order valence-electron chi connectivity index (χ3n) is 2.84. The van der Waals surface area contributed by atoms with Gasteiger partial charge in [-0.25, -0.2) is 13.1 Å². The molecule has 2 N–H and O–H groups in total. The lowest BCUT2D eigenvalue weighted by atomic mass is 10.4. The Bertz CT molecular complexity index is 791. The van der Waals surface area contributed by atoms with Gasteiger partial charge in [0.15, 0.2) is 0 Å². The van der Waals surface area contributed by atoms with E-state index >= 15 is 0 Å². The predicted molar refractivity (Wildman–Crippen MR) is 92.4 cm³/mol. The van der Waals surface area contributed by atoms with Gasteiger partial charge in [0.2, 0.25) is 15.9 Å². The van der Waals surface area contributed by atoms with Crippen LogP contribution in [0, 0.1) is 0 Å². The molecule has 1 amide bonds. The zero-order chi connectivity index (χ0) is 16.9. The molecule has 0 unspecified atom stereocenters. The SMILES string of the molecule is O=C(CCNS(=O)(=O)c1cccc(Cl)c1)NCc1ccc(Cl)s1. The second-order valence-electron chi connectivity index (χ2n) is 4.59. The number of amides is 1. The monoisotopic (exact) mass is 392 g/mol. The summed E-state index contributed by atoms with van der Waals surface area (Å²) in [5.74, 6) is -0.247. The average Bonchev–Trinajstić information content (AvgIpc) is 2.91. The van der Waals surface area contributed by atoms with Crippen molar-refractivity contribution in [3.8, 4) is 0 Å². The van der Waals surface area contributed by atoms with Crippen LogP contribution in [0.4, 0.5) is 0 Å². The molecule has 0 aliphatic rings. The third kappa shape index (κ3) is 5.78. The molecule has 5 nitrogen and oxygen atoms in total. The molecular weight excluding hydrogens is 379 g/mol. The molecule has 1 heterocycles. The largest absolute Gasteiger partial charge is 0.351 e. The van der Waals surface area contributed by atoms with Gasteiger partial charge in [-0.05, 0) is 30.3 Å². The summed E-state index contributed by atoms with van der Waals surface area (Å²) in [4.78, 5) is 12.7. The summed E-state index contributed by atoms with van der Waals surface area (Å²) in [6.45, 7) is 0.378. The number of halogens is 2. The quantitative estimate of drug-likeness (QED) is 0.759. The van der Waals surface area contributed by atoms with Crippen LogP contribution in [-0.4, -0.2) is 20.9 Å². The minimum absolute atomic E-state index is 0.00583. The molecule has 0 spiro atoms. The molecule has 124 valence electrons. The highest BCUT2D eigenvalue weighted by Gasteiger charge is 2.14. The Balaban J connectivity index is 1.78. The molecule has 23 heavy (non-hydrogen) atoms. The van der Waals surface area contributed by atoms with E-state index in [2.05, 4.69) is 10.0 Å². The summed E-state index contributed by atoms with van der Waals surface area (Å²) in [6.07, 6.45) is 0.0406. The Hall–Kier alpha value is -1.12. The molecule has 0 atom stereocenters. The molecule has 0 aliphatic carbocycles. The van der Waals surface area contributed by atoms with Crippen LogP contribution in [0.2, 0.25) is 9.36 Å². The van der Waals surface area contributed by atoms with Crippen LogP contribution in [0.15, 0.2) is 41.3 Å². The highest BCUT2D eigenvalue weighted by Crippen LogP contribution is 2.21. The molecule has 0 fully saturated rings. The van der Waals surface area contributed by atoms with E-state index in [1.54, 1.807) is 18.2 Å². The number of hydrogen-bond acceptors (Lipinski definition) is 4. The summed E-state index contributed by atoms with van der Waals surface area (Å²) in [7, 11) is -3.67. The Morgan fingerprint density at radius 2 is 1.96 bits per heavy atom. The number of nitrogens with one attached hydrogen (secondary N) is 2. The fraction of sp³-hybridized carbons (Fsp3) is 0.214. The van der Waals surface area contributed by atoms with Crippen LogP contribution in [0.1, 0.15) is 11.3 Å². The normalized spacial score (nSPS) is 11.4. The first-order valence-electron chi connectivity index (χ1n) is 6.63. The Labute approximate surface area is 148 Å². The molecular formula is C14H14Cl2N2O3S2. The summed E-state index contributed by atoms with van der Waals surface area (Å²) in [5, 5.41) is 3.04. The van der Waals surface area contributed by atoms with E-state index in [0.717, 1.165) is 4.88 Å². The maximum atomic E-state index is 12.0. The first kappa shape index (κ1) is 18.2. The van der Waals surface area contributed by atoms with Crippen LogP contribution in [0.3, 0.4) is 0 Å². The maximum Gasteiger partial charge on any atom is 0.240 e. The fourth-order valence-corrected chi connectivity index (χ4v) is 4.10. The van der Waals surface area contributed by atoms with Gasteiger partial charge >= 0.3 is 0 Å². The van der Waals surface area contributed by atoms with Crippen molar-refractivity contribution in [2.45, 2.75) is 17.9 Å². The van der Waals surface area contributed by atoms with Crippen LogP contribution < -0.4 is 10.0 Å². The standard InChI is InChI=1S/C14H14Cl2N2O3S2/c15-10-2-1-3-12(8-10)23(20,21)18-7-6-14(19)17-9-11-4-5-13(16)22-11/h1-5,8,18H,6-7,9H2,(H,17,19). The number of benzene rings is 1. The Morgan fingerprint density at radius 3 is 2.61 bits per heavy atom. The lowest BCUT2D eigenvalue weighted by molar-refractivity contribution is -0.121. The minimum atomic E-state index is -3.67. The van der Waals surface area contributed by atoms with Gasteiger partial charge in [0.25, 0.3) is 0 Å². The summed E-state index contributed by atoms with van der Waals surface area (Å²) >= 11 is 13.0. The van der Waals surface area contributed by atoms with Crippen molar-refractivity contribution >= 4 is 50.5 Å². The number of carbonyl (C=O) groups is 1. The van der Waals surface area contributed by atoms with Crippen molar-refractivity contribution in [2.75, 3.05) is 6.54 Å². The van der Waals surface area contributed by atoms with Gasteiger partial charge in [-0.15, -0.1) is 11.3 Å². The molecule has 2 aromatic rings. The topological polar surface area (TPSA) is 75.3 Å². The molecule has 2 rings (SSSR count). The van der Waals surface area contributed by atoms with Crippen LogP contribution in [0.25, 0.3) is 0 Å². The number of rotatable bonds is 7. The lowest BCUT2D eigenvalue weighted by Crippen LogP contribution is -2.30. The Morgan fingerprint density at radius 1 is 1.17 bits per heavy atom. The number of thiophene rings is 1. The molecule has 0 saturated heterocycles. The van der Waals surface area contributed by atoms with E-state index in [-0.39, 0.29) is 23.8 Å². The van der Waals surface area contributed by atoms with Gasteiger partial charge in [0.05, 0.1) is 15.8 Å². The van der Waals surface area contributed by atoms with Gasteiger partial charge in [-0.1, -0.05) is 29.3 Å². The second-order valence-corrected chi connectivity index (χ2v) is 8.59. The van der Waals surface area contributed by atoms with Crippen molar-refractivity contribution in [2.24, 2.45) is 0 Å². The van der Waals surface area contributed by atoms with Crippen molar-refractivity contribution < 1.29 is 13.2 Å². The number of carbonyl (C=O) groups excluding carboxylic acids is 1. The van der Waals surface area contributed by atoms with Crippen LogP contribution in [0.5, 0.6) is 0 Å². The van der Waals surface area contributed by atoms with Crippen LogP contribution in [-0.2, 0) is 21.4 Å². The summed E-state index contributed by atoms with van der Waals surface area (Å²) in [5.41, 5.74) is 0. The summed E-state index contributed by atoms with van der Waals surface area (Å²) in [6, 6.07) is 9.52. The number of hydrogen-bond donors (Lipinski definition) is 2. The highest BCUT2D eigenvalue weighted by molar-refractivity contribution is 7.89. The van der Waals surface area contributed by atoms with E-state index in [1.807, 2.05) is 6.07 Å². The van der Waals surface area contributed by atoms with E-state index in [4.69, 9.17) is 23.2 Å². The average molecular weight is 393 g/mol. The molecule has 9 heteroatoms. The lowest BCUT2D eigenvalue weighted by Gasteiger charge is -2.07. The molecule has 0 bridgehead atoms. The van der Waals surface area contributed by atoms with E-state index in [1.165, 1.54) is 23.5 Å². The highest BCUT2D eigenvalue weighted by atomic mass is 35.5. The van der Waals surface area contributed by atoms with Crippen LogP contribution >= 0.6 is 34.5 Å². The van der Waals surface area contributed by atoms with Crippen molar-refractivity contribution in [1.29, 1.82) is 0 Å². The van der Waals surface area contributed by atoms with E-state index < -0.39 is 10.0 Å². The molecule has 0 aliphatic heterocycles. The Kier molecular flexibility index (Phi) is 6.43. The van der Waals surface area contributed by atoms with Crippen molar-refractivity contribution in [1.82, 2.24) is 10.0 Å². The fourth-order valence-electron chi connectivity index (χ4n) is 1.74. The van der Waals surface area contributed by atoms with Gasteiger partial charge in [0.1, 0.15) is 0 Å². The zero-order valence-electron chi connectivity index (χ0n) is 11.9. The number of sulfonamides is 1. The second kappa shape index (κ2) is 8.12. The van der Waals surface area contributed by atoms with Gasteiger partial charge in [-0.3, -0.25) is 4.79 Å². The molecule has 1 aromatic heterocycles. The van der Waals surface area contributed by atoms with Crippen molar-refractivity contribution in [3.63, 3.8) is 0 Å². The molecule has 1 aromatic carbocycles. The minimum Gasteiger partial charge on any atom is -0.351 e. The van der Waals surface area contributed by atoms with Gasteiger partial charge in [0, 0.05) is 22.9 Å². The third-order valence-corrected chi connectivity index (χ3v) is 5.76. The molecule has 0 saturated carbocycles. The maximum absolute atomic E-state index is 12.0. The summed E-state index contributed by atoms with van der Waals surface area (Å²) < 4.78 is 27.1. The predicted octanol–water partition coefficient (Wildman–Crippen LogP) is 3.04. The smallest absolute Gasteiger partial charge is 0.240 e. The van der Waals surface area contributed by atoms with Crippen molar-refractivity contribution in [3.05, 3.63) is 50.6 Å². The first-order chi connectivity index (χ1) is 10.9. The van der Waals surface area contributed by atoms with Gasteiger partial charge < -0.3 is 5.32 Å². The first-order valence-corrected chi connectivity index (χ1v) is 9.68. The van der Waals surface area contributed by atoms with E-state index in [0.29, 0.717) is 15.9 Å². The molecule has 0 radical (unpaired) electrons. The van der Waals surface area contributed by atoms with Gasteiger partial charge in [-0.2, -0.15) is 0 Å². The zero-order valence-corrected chi connectivity index (χ0v) is 15.0.